The number of carbonyl (C=O) groups excluding carboxylic acids is 3. The Kier molecular flexibility index (Phi) is 5.52. The predicted octanol–water partition coefficient (Wildman–Crippen LogP) is 4.84. The van der Waals surface area contributed by atoms with E-state index in [9.17, 15) is 14.4 Å². The van der Waals surface area contributed by atoms with Gasteiger partial charge in [-0.1, -0.05) is 23.7 Å². The second kappa shape index (κ2) is 8.01. The first-order valence-electron chi connectivity index (χ1n) is 8.14. The van der Waals surface area contributed by atoms with Crippen LogP contribution in [0.1, 0.15) is 38.2 Å². The molecule has 0 aliphatic rings. The highest BCUT2D eigenvalue weighted by molar-refractivity contribution is 6.30. The number of ketones is 1. The summed E-state index contributed by atoms with van der Waals surface area (Å²) >= 11 is 5.81. The van der Waals surface area contributed by atoms with E-state index < -0.39 is 12.1 Å². The molecule has 0 radical (unpaired) electrons. The highest BCUT2D eigenvalue weighted by atomic mass is 35.5. The number of hydrogen-bond acceptors (Lipinski definition) is 5. The second-order valence-electron chi connectivity index (χ2n) is 5.82. The van der Waals surface area contributed by atoms with Crippen molar-refractivity contribution in [2.45, 2.75) is 13.0 Å². The fourth-order valence-electron chi connectivity index (χ4n) is 2.47. The molecule has 0 amide bonds. The van der Waals surface area contributed by atoms with E-state index in [-0.39, 0.29) is 11.5 Å². The molecule has 1 unspecified atom stereocenters. The molecule has 27 heavy (non-hydrogen) atoms. The zero-order valence-electron chi connectivity index (χ0n) is 14.3. The van der Waals surface area contributed by atoms with Gasteiger partial charge >= 0.3 is 5.97 Å². The molecule has 0 N–H and O–H groups in total. The first kappa shape index (κ1) is 18.6. The number of rotatable bonds is 6. The van der Waals surface area contributed by atoms with Crippen LogP contribution in [0.25, 0.3) is 11.3 Å². The van der Waals surface area contributed by atoms with Crippen molar-refractivity contribution in [1.82, 2.24) is 0 Å². The average molecular weight is 383 g/mol. The molecule has 3 aromatic rings. The summed E-state index contributed by atoms with van der Waals surface area (Å²) in [4.78, 5) is 35.3. The predicted molar refractivity (Wildman–Crippen MR) is 100 cm³/mol. The van der Waals surface area contributed by atoms with E-state index in [4.69, 9.17) is 20.8 Å². The summed E-state index contributed by atoms with van der Waals surface area (Å²) in [6.07, 6.45) is -0.313. The summed E-state index contributed by atoms with van der Waals surface area (Å²) in [6, 6.07) is 16.1. The van der Waals surface area contributed by atoms with Crippen LogP contribution in [0.5, 0.6) is 0 Å². The minimum Gasteiger partial charge on any atom is -0.453 e. The third kappa shape index (κ3) is 4.33. The molecule has 0 saturated heterocycles. The summed E-state index contributed by atoms with van der Waals surface area (Å²) in [5.41, 5.74) is 1.43. The van der Waals surface area contributed by atoms with Gasteiger partial charge in [0.1, 0.15) is 5.76 Å². The largest absolute Gasteiger partial charge is 0.453 e. The molecule has 5 nitrogen and oxygen atoms in total. The van der Waals surface area contributed by atoms with Gasteiger partial charge in [0.2, 0.25) is 5.78 Å². The monoisotopic (exact) mass is 382 g/mol. The van der Waals surface area contributed by atoms with Gasteiger partial charge in [-0.25, -0.2) is 4.79 Å². The molecular formula is C21H15ClO5. The number of aldehydes is 1. The van der Waals surface area contributed by atoms with Gasteiger partial charge in [0, 0.05) is 16.1 Å². The minimum absolute atomic E-state index is 0.225. The maximum atomic E-state index is 12.3. The summed E-state index contributed by atoms with van der Waals surface area (Å²) < 4.78 is 10.6. The van der Waals surface area contributed by atoms with Crippen LogP contribution in [0.4, 0.5) is 0 Å². The Morgan fingerprint density at radius 1 is 0.963 bits per heavy atom. The van der Waals surface area contributed by atoms with Crippen LogP contribution in [0.3, 0.4) is 0 Å². The van der Waals surface area contributed by atoms with Gasteiger partial charge in [-0.3, -0.25) is 9.59 Å². The molecule has 6 heteroatoms. The first-order valence-corrected chi connectivity index (χ1v) is 8.52. The Bertz CT molecular complexity index is 971. The Labute approximate surface area is 160 Å². The van der Waals surface area contributed by atoms with Crippen molar-refractivity contribution < 1.29 is 23.5 Å². The Hall–Kier alpha value is -3.18. The minimum atomic E-state index is -0.932. The number of ether oxygens (including phenoxy) is 1. The number of esters is 1. The molecular weight excluding hydrogens is 368 g/mol. The van der Waals surface area contributed by atoms with Gasteiger partial charge in [-0.15, -0.1) is 0 Å². The van der Waals surface area contributed by atoms with Crippen LogP contribution in [-0.2, 0) is 4.74 Å². The Balaban J connectivity index is 1.67. The number of benzene rings is 2. The standard InChI is InChI=1S/C21H15ClO5/c1-13(20(24)15-6-8-17(22)9-7-15)26-21(25)16-4-2-14(3-5-16)19-11-10-18(12-23)27-19/h2-13H,1H3. The SMILES string of the molecule is CC(OC(=O)c1ccc(-c2ccc(C=O)o2)cc1)C(=O)c1ccc(Cl)cc1. The Morgan fingerprint density at radius 2 is 1.59 bits per heavy atom. The Morgan fingerprint density at radius 3 is 2.19 bits per heavy atom. The van der Waals surface area contributed by atoms with Gasteiger partial charge in [-0.2, -0.15) is 0 Å². The molecule has 1 atom stereocenters. The normalized spacial score (nSPS) is 11.6. The maximum absolute atomic E-state index is 12.3. The zero-order chi connectivity index (χ0) is 19.4. The fourth-order valence-corrected chi connectivity index (χ4v) is 2.60. The topological polar surface area (TPSA) is 73.6 Å². The van der Waals surface area contributed by atoms with Crippen LogP contribution < -0.4 is 0 Å². The van der Waals surface area contributed by atoms with Crippen molar-refractivity contribution in [2.75, 3.05) is 0 Å². The van der Waals surface area contributed by atoms with Crippen LogP contribution in [0.15, 0.2) is 65.1 Å². The summed E-state index contributed by atoms with van der Waals surface area (Å²) in [5, 5.41) is 0.521. The second-order valence-corrected chi connectivity index (χ2v) is 6.25. The molecule has 0 spiro atoms. The lowest BCUT2D eigenvalue weighted by Crippen LogP contribution is -2.24. The quantitative estimate of drug-likeness (QED) is 0.346. The van der Waals surface area contributed by atoms with E-state index in [0.29, 0.717) is 33.8 Å². The van der Waals surface area contributed by atoms with Crippen LogP contribution >= 0.6 is 11.6 Å². The van der Waals surface area contributed by atoms with Crippen LogP contribution in [0.2, 0.25) is 5.02 Å². The summed E-state index contributed by atoms with van der Waals surface area (Å²) in [7, 11) is 0. The van der Waals surface area contributed by atoms with E-state index in [0.717, 1.165) is 0 Å². The van der Waals surface area contributed by atoms with Crippen molar-refractivity contribution in [2.24, 2.45) is 0 Å². The number of hydrogen-bond donors (Lipinski definition) is 0. The van der Waals surface area contributed by atoms with E-state index in [1.54, 1.807) is 60.7 Å². The highest BCUT2D eigenvalue weighted by Crippen LogP contribution is 2.22. The van der Waals surface area contributed by atoms with Gasteiger partial charge < -0.3 is 9.15 Å². The summed E-state index contributed by atoms with van der Waals surface area (Å²) in [6.45, 7) is 1.52. The zero-order valence-corrected chi connectivity index (χ0v) is 15.1. The lowest BCUT2D eigenvalue weighted by Gasteiger charge is -2.12. The lowest BCUT2D eigenvalue weighted by atomic mass is 10.1. The molecule has 0 fully saturated rings. The van der Waals surface area contributed by atoms with E-state index in [2.05, 4.69) is 0 Å². The molecule has 2 aromatic carbocycles. The average Bonchev–Trinajstić information content (AvgIpc) is 3.17. The van der Waals surface area contributed by atoms with Gasteiger partial charge in [0.15, 0.2) is 18.2 Å². The van der Waals surface area contributed by atoms with E-state index in [1.807, 2.05) is 0 Å². The maximum Gasteiger partial charge on any atom is 0.338 e. The molecule has 3 rings (SSSR count). The van der Waals surface area contributed by atoms with Gasteiger partial charge in [0.25, 0.3) is 0 Å². The van der Waals surface area contributed by atoms with Crippen LogP contribution in [-0.4, -0.2) is 24.1 Å². The summed E-state index contributed by atoms with van der Waals surface area (Å²) in [5.74, 6) is -0.177. The van der Waals surface area contributed by atoms with Gasteiger partial charge in [-0.05, 0) is 55.5 Å². The number of halogens is 1. The molecule has 1 aromatic heterocycles. The molecule has 136 valence electrons. The van der Waals surface area contributed by atoms with Crippen molar-refractivity contribution in [3.05, 3.63) is 82.6 Å². The van der Waals surface area contributed by atoms with Crippen molar-refractivity contribution in [1.29, 1.82) is 0 Å². The van der Waals surface area contributed by atoms with Crippen molar-refractivity contribution in [3.63, 3.8) is 0 Å². The number of furan rings is 1. The molecule has 0 aliphatic heterocycles. The molecule has 0 aliphatic carbocycles. The third-order valence-electron chi connectivity index (χ3n) is 3.93. The first-order chi connectivity index (χ1) is 13.0. The van der Waals surface area contributed by atoms with Gasteiger partial charge in [0.05, 0.1) is 5.56 Å². The highest BCUT2D eigenvalue weighted by Gasteiger charge is 2.20. The fraction of sp³-hybridized carbons (Fsp3) is 0.0952. The van der Waals surface area contributed by atoms with E-state index >= 15 is 0 Å². The number of carbonyl (C=O) groups is 3. The van der Waals surface area contributed by atoms with Crippen LogP contribution in [0, 0.1) is 0 Å². The lowest BCUT2D eigenvalue weighted by molar-refractivity contribution is 0.0319. The van der Waals surface area contributed by atoms with Crippen molar-refractivity contribution >= 4 is 29.6 Å². The smallest absolute Gasteiger partial charge is 0.338 e. The van der Waals surface area contributed by atoms with Crippen molar-refractivity contribution in [3.8, 4) is 11.3 Å². The molecule has 0 saturated carbocycles. The number of Topliss-reactive ketones (excluding diaryl/α,β-unsaturated/α-hetero) is 1. The molecule has 0 bridgehead atoms. The molecule has 1 heterocycles. The van der Waals surface area contributed by atoms with E-state index in [1.165, 1.54) is 6.92 Å². The third-order valence-corrected chi connectivity index (χ3v) is 4.18.